The second-order valence-electron chi connectivity index (χ2n) is 6.19. The first kappa shape index (κ1) is 18.5. The highest BCUT2D eigenvalue weighted by Gasteiger charge is 2.24. The van der Waals surface area contributed by atoms with Crippen LogP contribution in [0, 0.1) is 0 Å². The number of carbonyl (C=O) groups excluding carboxylic acids is 2. The van der Waals surface area contributed by atoms with Gasteiger partial charge in [-0.2, -0.15) is 5.10 Å². The number of fused-ring (bicyclic) bond motifs is 1. The van der Waals surface area contributed by atoms with E-state index in [1.54, 1.807) is 6.20 Å². The number of ether oxygens (including phenoxy) is 1. The average Bonchev–Trinajstić information content (AvgIpc) is 3.12. The fraction of sp³-hybridized carbons (Fsp3) is 0.421. The van der Waals surface area contributed by atoms with Gasteiger partial charge in [0.1, 0.15) is 5.82 Å². The molecule has 1 amide bonds. The first-order valence-electron chi connectivity index (χ1n) is 8.74. The smallest absolute Gasteiger partial charge is 0.315 e. The molecule has 1 aromatic heterocycles. The number of hydrogen-bond donors (Lipinski definition) is 1. The van der Waals surface area contributed by atoms with Crippen molar-refractivity contribution in [2.24, 2.45) is 0 Å². The van der Waals surface area contributed by atoms with Crippen molar-refractivity contribution in [2.75, 3.05) is 23.9 Å². The lowest BCUT2D eigenvalue weighted by atomic mass is 9.88. The number of benzene rings is 1. The zero-order chi connectivity index (χ0) is 18.4. The van der Waals surface area contributed by atoms with E-state index < -0.39 is 0 Å². The van der Waals surface area contributed by atoms with E-state index in [0.717, 1.165) is 25.1 Å². The molecule has 0 saturated heterocycles. The minimum Gasteiger partial charge on any atom is -0.468 e. The van der Waals surface area contributed by atoms with Gasteiger partial charge in [0.25, 0.3) is 0 Å². The van der Waals surface area contributed by atoms with E-state index in [1.165, 1.54) is 30.0 Å². The highest BCUT2D eigenvalue weighted by atomic mass is 32.2. The highest BCUT2D eigenvalue weighted by molar-refractivity contribution is 7.99. The molecule has 7 heteroatoms. The molecule has 138 valence electrons. The Labute approximate surface area is 157 Å². The van der Waals surface area contributed by atoms with Gasteiger partial charge in [0, 0.05) is 18.2 Å². The number of amides is 1. The van der Waals surface area contributed by atoms with E-state index >= 15 is 0 Å². The highest BCUT2D eigenvalue weighted by Crippen LogP contribution is 2.34. The summed E-state index contributed by atoms with van der Waals surface area (Å²) in [5.74, 6) is 1.20. The van der Waals surface area contributed by atoms with Gasteiger partial charge in [-0.15, -0.1) is 11.8 Å². The number of anilines is 1. The van der Waals surface area contributed by atoms with Crippen LogP contribution >= 0.6 is 11.8 Å². The van der Waals surface area contributed by atoms with E-state index in [4.69, 9.17) is 0 Å². The van der Waals surface area contributed by atoms with Crippen molar-refractivity contribution < 1.29 is 14.3 Å². The van der Waals surface area contributed by atoms with Crippen LogP contribution in [0.25, 0.3) is 0 Å². The van der Waals surface area contributed by atoms with Gasteiger partial charge in [0.15, 0.2) is 0 Å². The second-order valence-corrected chi connectivity index (χ2v) is 7.30. The lowest BCUT2D eigenvalue weighted by Crippen LogP contribution is -2.22. The van der Waals surface area contributed by atoms with Crippen LogP contribution in [-0.2, 0) is 20.7 Å². The standard InChI is InChI=1S/C19H23N3O3S/c1-25-19(24)13-26-12-10-18(23)21-17-9-11-20-22(17)16-8-4-6-14-5-2-3-7-15(14)16/h2-3,5,7,9,11,16H,4,6,8,10,12-13H2,1H3,(H,21,23)/t16-/m0/s1. The summed E-state index contributed by atoms with van der Waals surface area (Å²) in [5.41, 5.74) is 2.64. The van der Waals surface area contributed by atoms with Gasteiger partial charge in [-0.05, 0) is 30.4 Å². The second kappa shape index (κ2) is 8.89. The van der Waals surface area contributed by atoms with Gasteiger partial charge in [-0.25, -0.2) is 4.68 Å². The molecule has 26 heavy (non-hydrogen) atoms. The minimum absolute atomic E-state index is 0.0757. The van der Waals surface area contributed by atoms with E-state index in [2.05, 4.69) is 39.4 Å². The van der Waals surface area contributed by atoms with E-state index in [0.29, 0.717) is 12.2 Å². The summed E-state index contributed by atoms with van der Waals surface area (Å²) in [5, 5.41) is 7.41. The Morgan fingerprint density at radius 2 is 2.19 bits per heavy atom. The van der Waals surface area contributed by atoms with Crippen molar-refractivity contribution in [3.8, 4) is 0 Å². The van der Waals surface area contributed by atoms with Gasteiger partial charge in [0.2, 0.25) is 5.91 Å². The Hall–Kier alpha value is -2.28. The van der Waals surface area contributed by atoms with Crippen LogP contribution in [0.15, 0.2) is 36.5 Å². The maximum atomic E-state index is 12.2. The normalized spacial score (nSPS) is 16.0. The summed E-state index contributed by atoms with van der Waals surface area (Å²) in [6.07, 6.45) is 5.27. The van der Waals surface area contributed by atoms with Crippen LogP contribution in [0.3, 0.4) is 0 Å². The molecule has 0 fully saturated rings. The summed E-state index contributed by atoms with van der Waals surface area (Å²) in [4.78, 5) is 23.3. The average molecular weight is 373 g/mol. The summed E-state index contributed by atoms with van der Waals surface area (Å²) in [6, 6.07) is 10.4. The van der Waals surface area contributed by atoms with E-state index in [1.807, 2.05) is 10.7 Å². The van der Waals surface area contributed by atoms with Crippen LogP contribution in [0.5, 0.6) is 0 Å². The molecule has 6 nitrogen and oxygen atoms in total. The third-order valence-electron chi connectivity index (χ3n) is 4.49. The van der Waals surface area contributed by atoms with Crippen molar-refractivity contribution >= 4 is 29.5 Å². The molecule has 1 aromatic carbocycles. The van der Waals surface area contributed by atoms with Gasteiger partial charge in [0.05, 0.1) is 25.1 Å². The number of nitrogens with zero attached hydrogens (tertiary/aromatic N) is 2. The Morgan fingerprint density at radius 3 is 3.04 bits per heavy atom. The third-order valence-corrected chi connectivity index (χ3v) is 5.42. The first-order valence-corrected chi connectivity index (χ1v) is 9.90. The molecule has 2 aromatic rings. The summed E-state index contributed by atoms with van der Waals surface area (Å²) < 4.78 is 6.50. The van der Waals surface area contributed by atoms with Crippen molar-refractivity contribution in [3.05, 3.63) is 47.7 Å². The molecule has 0 bridgehead atoms. The third kappa shape index (κ3) is 4.46. The number of methoxy groups -OCH3 is 1. The Balaban J connectivity index is 1.61. The number of nitrogens with one attached hydrogen (secondary N) is 1. The number of rotatable bonds is 7. The molecular formula is C19H23N3O3S. The maximum absolute atomic E-state index is 12.2. The van der Waals surface area contributed by atoms with Crippen LogP contribution in [0.2, 0.25) is 0 Å². The first-order chi connectivity index (χ1) is 12.7. The number of hydrogen-bond acceptors (Lipinski definition) is 5. The zero-order valence-electron chi connectivity index (χ0n) is 14.8. The molecule has 0 unspecified atom stereocenters. The Kier molecular flexibility index (Phi) is 6.33. The predicted molar refractivity (Wildman–Crippen MR) is 102 cm³/mol. The predicted octanol–water partition coefficient (Wildman–Crippen LogP) is 3.04. The fourth-order valence-corrected chi connectivity index (χ4v) is 3.99. The van der Waals surface area contributed by atoms with E-state index in [9.17, 15) is 9.59 Å². The molecule has 0 spiro atoms. The van der Waals surface area contributed by atoms with Crippen molar-refractivity contribution in [1.82, 2.24) is 9.78 Å². The molecule has 1 aliphatic carbocycles. The van der Waals surface area contributed by atoms with Gasteiger partial charge in [-0.3, -0.25) is 9.59 Å². The fourth-order valence-electron chi connectivity index (χ4n) is 3.23. The minimum atomic E-state index is -0.274. The monoisotopic (exact) mass is 373 g/mol. The molecule has 1 aliphatic rings. The van der Waals surface area contributed by atoms with Crippen molar-refractivity contribution in [1.29, 1.82) is 0 Å². The number of thioether (sulfide) groups is 1. The summed E-state index contributed by atoms with van der Waals surface area (Å²) in [7, 11) is 1.36. The molecular weight excluding hydrogens is 350 g/mol. The van der Waals surface area contributed by atoms with Gasteiger partial charge < -0.3 is 10.1 Å². The van der Waals surface area contributed by atoms with E-state index in [-0.39, 0.29) is 23.7 Å². The molecule has 3 rings (SSSR count). The number of aryl methyl sites for hydroxylation is 1. The quantitative estimate of drug-likeness (QED) is 0.596. The van der Waals surface area contributed by atoms with Crippen LogP contribution in [0.1, 0.15) is 36.4 Å². The number of aromatic nitrogens is 2. The van der Waals surface area contributed by atoms with Crippen molar-refractivity contribution in [3.63, 3.8) is 0 Å². The SMILES string of the molecule is COC(=O)CSCCC(=O)Nc1ccnn1[C@H]1CCCc2ccccc21. The van der Waals surface area contributed by atoms with Gasteiger partial charge in [-0.1, -0.05) is 24.3 Å². The van der Waals surface area contributed by atoms with Crippen LogP contribution < -0.4 is 5.32 Å². The Bertz CT molecular complexity index is 775. The summed E-state index contributed by atoms with van der Waals surface area (Å²) >= 11 is 1.39. The van der Waals surface area contributed by atoms with Gasteiger partial charge >= 0.3 is 5.97 Å². The maximum Gasteiger partial charge on any atom is 0.315 e. The Morgan fingerprint density at radius 1 is 1.35 bits per heavy atom. The summed E-state index contributed by atoms with van der Waals surface area (Å²) in [6.45, 7) is 0. The molecule has 0 saturated carbocycles. The topological polar surface area (TPSA) is 73.2 Å². The molecule has 0 aliphatic heterocycles. The van der Waals surface area contributed by atoms with Crippen molar-refractivity contribution in [2.45, 2.75) is 31.7 Å². The zero-order valence-corrected chi connectivity index (χ0v) is 15.6. The number of esters is 1. The molecule has 1 atom stereocenters. The lowest BCUT2D eigenvalue weighted by Gasteiger charge is -2.27. The number of carbonyl (C=O) groups is 2. The molecule has 1 N–H and O–H groups in total. The van der Waals surface area contributed by atoms with Crippen LogP contribution in [0.4, 0.5) is 5.82 Å². The molecule has 1 heterocycles. The molecule has 0 radical (unpaired) electrons. The van der Waals surface area contributed by atoms with Crippen LogP contribution in [-0.4, -0.2) is 40.3 Å². The lowest BCUT2D eigenvalue weighted by molar-refractivity contribution is -0.137. The largest absolute Gasteiger partial charge is 0.468 e.